The highest BCUT2D eigenvalue weighted by molar-refractivity contribution is 7.88. The summed E-state index contributed by atoms with van der Waals surface area (Å²) in [5.41, 5.74) is 3.34. The molecule has 11 heteroatoms. The van der Waals surface area contributed by atoms with Gasteiger partial charge in [-0.25, -0.2) is 13.2 Å². The van der Waals surface area contributed by atoms with Crippen LogP contribution in [0.1, 0.15) is 42.9 Å². The maximum Gasteiger partial charge on any atom is 0.425 e. The van der Waals surface area contributed by atoms with Crippen molar-refractivity contribution in [3.8, 4) is 0 Å². The van der Waals surface area contributed by atoms with Gasteiger partial charge in [-0.2, -0.15) is 17.5 Å². The lowest BCUT2D eigenvalue weighted by Gasteiger charge is -2.39. The summed E-state index contributed by atoms with van der Waals surface area (Å²) in [5, 5.41) is 0. The standard InChI is InChI=1S/C23H32F3N3O4S/c1-17(23(24,25)26)33-21(30)28-13-9-22(16-28)7-11-27(12-8-22)14-19-5-3-4-18-6-10-29(15-20(18)19)34(2,31)32/h3-5,17H,6-16H2,1-2H3. The Morgan fingerprint density at radius 1 is 1.15 bits per heavy atom. The Bertz CT molecular complexity index is 1020. The monoisotopic (exact) mass is 503 g/mol. The average molecular weight is 504 g/mol. The number of hydrogen-bond acceptors (Lipinski definition) is 5. The molecular weight excluding hydrogens is 471 g/mol. The van der Waals surface area contributed by atoms with Gasteiger partial charge in [0, 0.05) is 32.7 Å². The summed E-state index contributed by atoms with van der Waals surface area (Å²) in [7, 11) is -3.25. The van der Waals surface area contributed by atoms with Crippen molar-refractivity contribution < 1.29 is 31.1 Å². The van der Waals surface area contributed by atoms with Crippen LogP contribution in [0.15, 0.2) is 18.2 Å². The number of piperidine rings is 1. The van der Waals surface area contributed by atoms with Crippen molar-refractivity contribution in [3.05, 3.63) is 34.9 Å². The number of hydrogen-bond donors (Lipinski definition) is 0. The zero-order chi connectivity index (χ0) is 24.7. The van der Waals surface area contributed by atoms with Crippen molar-refractivity contribution >= 4 is 16.1 Å². The number of benzene rings is 1. The lowest BCUT2D eigenvalue weighted by Crippen LogP contribution is -2.43. The molecule has 3 aliphatic heterocycles. The SMILES string of the molecule is CC(OC(=O)N1CCC2(CCN(Cc3cccc4c3CN(S(C)(=O)=O)CC4)CC2)C1)C(F)(F)F. The van der Waals surface area contributed by atoms with E-state index in [1.165, 1.54) is 21.0 Å². The molecule has 0 bridgehead atoms. The number of halogens is 3. The molecule has 0 aliphatic carbocycles. The van der Waals surface area contributed by atoms with Gasteiger partial charge in [-0.3, -0.25) is 4.90 Å². The van der Waals surface area contributed by atoms with Crippen LogP contribution in [0.2, 0.25) is 0 Å². The number of sulfonamides is 1. The minimum absolute atomic E-state index is 0.0831. The number of carbonyl (C=O) groups excluding carboxylic acids is 1. The van der Waals surface area contributed by atoms with Crippen molar-refractivity contribution in [1.82, 2.24) is 14.1 Å². The molecule has 1 aromatic rings. The van der Waals surface area contributed by atoms with Gasteiger partial charge in [0.25, 0.3) is 0 Å². The minimum atomic E-state index is -4.56. The highest BCUT2D eigenvalue weighted by atomic mass is 32.2. The second kappa shape index (κ2) is 9.31. The van der Waals surface area contributed by atoms with Crippen molar-refractivity contribution in [2.75, 3.05) is 39.0 Å². The fourth-order valence-corrected chi connectivity index (χ4v) is 6.06. The summed E-state index contributed by atoms with van der Waals surface area (Å²) < 4.78 is 68.4. The van der Waals surface area contributed by atoms with E-state index in [4.69, 9.17) is 0 Å². The molecule has 34 heavy (non-hydrogen) atoms. The van der Waals surface area contributed by atoms with Gasteiger partial charge in [-0.1, -0.05) is 18.2 Å². The summed E-state index contributed by atoms with van der Waals surface area (Å²) in [6.45, 7) is 4.96. The van der Waals surface area contributed by atoms with Crippen LogP contribution in [0.5, 0.6) is 0 Å². The molecule has 3 heterocycles. The average Bonchev–Trinajstić information content (AvgIpc) is 3.18. The molecule has 1 spiro atoms. The van der Waals surface area contributed by atoms with Crippen molar-refractivity contribution in [2.45, 2.75) is 58.0 Å². The fourth-order valence-electron chi connectivity index (χ4n) is 5.27. The van der Waals surface area contributed by atoms with E-state index in [1.54, 1.807) is 0 Å². The van der Waals surface area contributed by atoms with Gasteiger partial charge in [0.15, 0.2) is 6.10 Å². The Morgan fingerprint density at radius 3 is 2.47 bits per heavy atom. The van der Waals surface area contributed by atoms with Crippen molar-refractivity contribution in [2.24, 2.45) is 5.41 Å². The fraction of sp³-hybridized carbons (Fsp3) is 0.696. The van der Waals surface area contributed by atoms with Crippen LogP contribution >= 0.6 is 0 Å². The van der Waals surface area contributed by atoms with E-state index >= 15 is 0 Å². The zero-order valence-corrected chi connectivity index (χ0v) is 20.4. The molecule has 7 nitrogen and oxygen atoms in total. The largest absolute Gasteiger partial charge is 0.437 e. The van der Waals surface area contributed by atoms with E-state index in [2.05, 4.69) is 21.8 Å². The van der Waals surface area contributed by atoms with Gasteiger partial charge in [0.2, 0.25) is 10.0 Å². The molecule has 0 N–H and O–H groups in total. The summed E-state index contributed by atoms with van der Waals surface area (Å²) in [4.78, 5) is 16.0. The predicted octanol–water partition coefficient (Wildman–Crippen LogP) is 3.38. The molecule has 190 valence electrons. The molecule has 1 amide bonds. The third-order valence-corrected chi connectivity index (χ3v) is 8.80. The normalized spacial score (nSPS) is 22.6. The van der Waals surface area contributed by atoms with E-state index < -0.39 is 28.4 Å². The maximum atomic E-state index is 12.7. The minimum Gasteiger partial charge on any atom is -0.437 e. The van der Waals surface area contributed by atoms with Crippen LogP contribution in [0.4, 0.5) is 18.0 Å². The Kier molecular flexibility index (Phi) is 6.91. The highest BCUT2D eigenvalue weighted by Crippen LogP contribution is 2.41. The third-order valence-electron chi connectivity index (χ3n) is 7.55. The van der Waals surface area contributed by atoms with Gasteiger partial charge in [-0.05, 0) is 67.8 Å². The summed E-state index contributed by atoms with van der Waals surface area (Å²) in [6.07, 6.45) is -3.14. The molecule has 1 aromatic carbocycles. The van der Waals surface area contributed by atoms with E-state index in [9.17, 15) is 26.4 Å². The number of carbonyl (C=O) groups is 1. The van der Waals surface area contributed by atoms with E-state index in [0.29, 0.717) is 32.6 Å². The predicted molar refractivity (Wildman–Crippen MR) is 121 cm³/mol. The molecule has 1 atom stereocenters. The molecule has 0 saturated carbocycles. The molecule has 0 aromatic heterocycles. The number of alkyl halides is 3. The van der Waals surface area contributed by atoms with Crippen LogP contribution in [0.3, 0.4) is 0 Å². The van der Waals surface area contributed by atoms with Gasteiger partial charge in [0.05, 0.1) is 6.26 Å². The first-order valence-corrected chi connectivity index (χ1v) is 13.5. The molecule has 1 unspecified atom stereocenters. The van der Waals surface area contributed by atoms with E-state index in [-0.39, 0.29) is 5.41 Å². The topological polar surface area (TPSA) is 70.2 Å². The van der Waals surface area contributed by atoms with E-state index in [0.717, 1.165) is 56.9 Å². The molecular formula is C23H32F3N3O4S. The molecule has 2 fully saturated rings. The Hall–Kier alpha value is -1.85. The van der Waals surface area contributed by atoms with E-state index in [1.807, 2.05) is 6.07 Å². The Balaban J connectivity index is 1.34. The number of amides is 1. The van der Waals surface area contributed by atoms with Crippen LogP contribution in [0, 0.1) is 5.41 Å². The lowest BCUT2D eigenvalue weighted by molar-refractivity contribution is -0.199. The number of nitrogens with zero attached hydrogens (tertiary/aromatic N) is 3. The first-order valence-electron chi connectivity index (χ1n) is 11.7. The van der Waals surface area contributed by atoms with Gasteiger partial charge in [-0.15, -0.1) is 0 Å². The molecule has 3 aliphatic rings. The molecule has 0 radical (unpaired) electrons. The van der Waals surface area contributed by atoms with Crippen LogP contribution in [-0.4, -0.2) is 79.9 Å². The summed E-state index contributed by atoms with van der Waals surface area (Å²) in [5.74, 6) is 0. The summed E-state index contributed by atoms with van der Waals surface area (Å²) in [6, 6.07) is 6.15. The lowest BCUT2D eigenvalue weighted by atomic mass is 9.77. The smallest absolute Gasteiger partial charge is 0.425 e. The second-order valence-corrected chi connectivity index (χ2v) is 11.9. The summed E-state index contributed by atoms with van der Waals surface area (Å²) >= 11 is 0. The first kappa shape index (κ1) is 25.2. The number of fused-ring (bicyclic) bond motifs is 1. The van der Waals surface area contributed by atoms with Crippen molar-refractivity contribution in [3.63, 3.8) is 0 Å². The number of ether oxygens (including phenoxy) is 1. The zero-order valence-electron chi connectivity index (χ0n) is 19.6. The Morgan fingerprint density at radius 2 is 1.82 bits per heavy atom. The molecule has 2 saturated heterocycles. The van der Waals surface area contributed by atoms with Gasteiger partial charge < -0.3 is 9.64 Å². The van der Waals surface area contributed by atoms with Crippen LogP contribution < -0.4 is 0 Å². The Labute approximate surface area is 198 Å². The second-order valence-electron chi connectivity index (χ2n) is 9.92. The first-order chi connectivity index (χ1) is 15.9. The van der Waals surface area contributed by atoms with Crippen LogP contribution in [-0.2, 0) is 34.3 Å². The van der Waals surface area contributed by atoms with Crippen molar-refractivity contribution in [1.29, 1.82) is 0 Å². The van der Waals surface area contributed by atoms with Crippen LogP contribution in [0.25, 0.3) is 0 Å². The van der Waals surface area contributed by atoms with Gasteiger partial charge >= 0.3 is 12.3 Å². The number of rotatable bonds is 4. The number of likely N-dealkylation sites (tertiary alicyclic amines) is 2. The highest BCUT2D eigenvalue weighted by Gasteiger charge is 2.45. The van der Waals surface area contributed by atoms with Gasteiger partial charge in [0.1, 0.15) is 0 Å². The quantitative estimate of drug-likeness (QED) is 0.630. The third kappa shape index (κ3) is 5.52. The molecule has 4 rings (SSSR count). The maximum absolute atomic E-state index is 12.7.